The number of hydrogen-bond donors (Lipinski definition) is 1. The predicted molar refractivity (Wildman–Crippen MR) is 74.0 cm³/mol. The van der Waals surface area contributed by atoms with Gasteiger partial charge in [0.15, 0.2) is 0 Å². The summed E-state index contributed by atoms with van der Waals surface area (Å²) in [5, 5.41) is 2.41. The van der Waals surface area contributed by atoms with E-state index < -0.39 is 23.5 Å². The molecule has 1 amide bonds. The summed E-state index contributed by atoms with van der Waals surface area (Å²) in [6.07, 6.45) is -1.38. The first-order valence-electron chi connectivity index (χ1n) is 6.75. The number of alkyl halides is 3. The lowest BCUT2D eigenvalue weighted by Gasteiger charge is -2.10. The van der Waals surface area contributed by atoms with Gasteiger partial charge in [-0.1, -0.05) is 6.92 Å². The minimum Gasteiger partial charge on any atom is -0.348 e. The van der Waals surface area contributed by atoms with Crippen LogP contribution in [0.2, 0.25) is 0 Å². The fraction of sp³-hybridized carbons (Fsp3) is 0.267. The molecule has 0 spiro atoms. The third-order valence-corrected chi connectivity index (χ3v) is 3.02. The first-order valence-corrected chi connectivity index (χ1v) is 6.75. The highest BCUT2D eigenvalue weighted by Gasteiger charge is 2.31. The van der Waals surface area contributed by atoms with Crippen LogP contribution in [0.15, 0.2) is 30.6 Å². The second kappa shape index (κ2) is 6.72. The van der Waals surface area contributed by atoms with Crippen molar-refractivity contribution in [1.29, 1.82) is 0 Å². The Kier molecular flexibility index (Phi) is 4.92. The van der Waals surface area contributed by atoms with Crippen molar-refractivity contribution in [3.05, 3.63) is 58.9 Å². The van der Waals surface area contributed by atoms with Gasteiger partial charge in [0.2, 0.25) is 0 Å². The Morgan fingerprint density at radius 3 is 2.39 bits per heavy atom. The van der Waals surface area contributed by atoms with Crippen LogP contribution in [-0.4, -0.2) is 15.9 Å². The van der Waals surface area contributed by atoms with E-state index in [1.165, 1.54) is 12.4 Å². The highest BCUT2D eigenvalue weighted by molar-refractivity contribution is 5.93. The maximum absolute atomic E-state index is 13.3. The van der Waals surface area contributed by atoms with Gasteiger partial charge in [-0.2, -0.15) is 13.2 Å². The molecule has 1 aromatic carbocycles. The molecule has 2 rings (SSSR count). The molecule has 0 atom stereocenters. The van der Waals surface area contributed by atoms with Gasteiger partial charge in [0.25, 0.3) is 5.91 Å². The number of benzene rings is 1. The Morgan fingerprint density at radius 2 is 1.83 bits per heavy atom. The van der Waals surface area contributed by atoms with Gasteiger partial charge in [0, 0.05) is 25.4 Å². The maximum Gasteiger partial charge on any atom is 0.416 e. The number of rotatable bonds is 4. The minimum atomic E-state index is -4.65. The van der Waals surface area contributed by atoms with Crippen molar-refractivity contribution in [3.8, 4) is 0 Å². The monoisotopic (exact) mass is 327 g/mol. The highest BCUT2D eigenvalue weighted by Crippen LogP contribution is 2.30. The summed E-state index contributed by atoms with van der Waals surface area (Å²) in [6.45, 7) is 1.62. The van der Waals surface area contributed by atoms with Crippen LogP contribution >= 0.6 is 0 Å². The number of halogens is 4. The molecule has 0 radical (unpaired) electrons. The van der Waals surface area contributed by atoms with E-state index in [0.717, 1.165) is 12.1 Å². The summed E-state index contributed by atoms with van der Waals surface area (Å²) < 4.78 is 51.1. The molecule has 23 heavy (non-hydrogen) atoms. The molecule has 2 aromatic rings. The van der Waals surface area contributed by atoms with E-state index in [1.54, 1.807) is 0 Å². The number of nitrogens with one attached hydrogen (secondary N) is 1. The molecule has 1 N–H and O–H groups in total. The molecular formula is C15H13F4N3O. The molecule has 0 saturated carbocycles. The summed E-state index contributed by atoms with van der Waals surface area (Å²) in [6, 6.07) is 2.13. The molecule has 1 heterocycles. The molecule has 4 nitrogen and oxygen atoms in total. The van der Waals surface area contributed by atoms with Crippen LogP contribution in [0.1, 0.15) is 34.2 Å². The SMILES string of the molecule is CCc1ncc(C(=O)NCc2cc(F)cc(C(F)(F)F)c2)cn1. The van der Waals surface area contributed by atoms with Crippen LogP contribution in [0.4, 0.5) is 17.6 Å². The first-order chi connectivity index (χ1) is 10.8. The van der Waals surface area contributed by atoms with Gasteiger partial charge >= 0.3 is 6.18 Å². The Hall–Kier alpha value is -2.51. The van der Waals surface area contributed by atoms with Crippen LogP contribution in [-0.2, 0) is 19.1 Å². The van der Waals surface area contributed by atoms with Crippen molar-refractivity contribution in [2.75, 3.05) is 0 Å². The minimum absolute atomic E-state index is 0.0109. The molecule has 0 saturated heterocycles. The maximum atomic E-state index is 13.3. The normalized spacial score (nSPS) is 11.3. The second-order valence-electron chi connectivity index (χ2n) is 4.77. The van der Waals surface area contributed by atoms with Crippen molar-refractivity contribution in [2.24, 2.45) is 0 Å². The number of carbonyl (C=O) groups is 1. The fourth-order valence-corrected chi connectivity index (χ4v) is 1.86. The quantitative estimate of drug-likeness (QED) is 0.878. The Bertz CT molecular complexity index is 699. The van der Waals surface area contributed by atoms with E-state index in [1.807, 2.05) is 6.92 Å². The molecule has 0 unspecified atom stereocenters. The number of hydrogen-bond acceptors (Lipinski definition) is 3. The van der Waals surface area contributed by atoms with Crippen LogP contribution < -0.4 is 5.32 Å². The third-order valence-electron chi connectivity index (χ3n) is 3.02. The van der Waals surface area contributed by atoms with Crippen LogP contribution in [0.3, 0.4) is 0 Å². The highest BCUT2D eigenvalue weighted by atomic mass is 19.4. The topological polar surface area (TPSA) is 54.9 Å². The lowest BCUT2D eigenvalue weighted by Crippen LogP contribution is -2.23. The van der Waals surface area contributed by atoms with Crippen molar-refractivity contribution >= 4 is 5.91 Å². The number of amides is 1. The number of nitrogens with zero attached hydrogens (tertiary/aromatic N) is 2. The van der Waals surface area contributed by atoms with E-state index >= 15 is 0 Å². The fourth-order valence-electron chi connectivity index (χ4n) is 1.86. The van der Waals surface area contributed by atoms with Gasteiger partial charge in [0.05, 0.1) is 11.1 Å². The first kappa shape index (κ1) is 16.9. The average molecular weight is 327 g/mol. The summed E-state index contributed by atoms with van der Waals surface area (Å²) >= 11 is 0. The molecule has 0 aliphatic heterocycles. The molecule has 0 aliphatic rings. The number of aryl methyl sites for hydroxylation is 1. The van der Waals surface area contributed by atoms with Crippen LogP contribution in [0.5, 0.6) is 0 Å². The Labute approximate surface area is 129 Å². The third kappa shape index (κ3) is 4.48. The molecule has 0 fully saturated rings. The molecular weight excluding hydrogens is 314 g/mol. The summed E-state index contributed by atoms with van der Waals surface area (Å²) in [5.41, 5.74) is -0.913. The van der Waals surface area contributed by atoms with Gasteiger partial charge in [0.1, 0.15) is 11.6 Å². The average Bonchev–Trinajstić information content (AvgIpc) is 2.51. The Morgan fingerprint density at radius 1 is 1.17 bits per heavy atom. The van der Waals surface area contributed by atoms with E-state index in [-0.39, 0.29) is 17.7 Å². The van der Waals surface area contributed by atoms with E-state index in [2.05, 4.69) is 15.3 Å². The van der Waals surface area contributed by atoms with Crippen molar-refractivity contribution in [2.45, 2.75) is 26.1 Å². The predicted octanol–water partition coefficient (Wildman–Crippen LogP) is 3.13. The van der Waals surface area contributed by atoms with Crippen molar-refractivity contribution in [1.82, 2.24) is 15.3 Å². The second-order valence-corrected chi connectivity index (χ2v) is 4.77. The molecule has 122 valence electrons. The van der Waals surface area contributed by atoms with Gasteiger partial charge in [-0.25, -0.2) is 14.4 Å². The van der Waals surface area contributed by atoms with Crippen LogP contribution in [0.25, 0.3) is 0 Å². The van der Waals surface area contributed by atoms with Crippen LogP contribution in [0, 0.1) is 5.82 Å². The van der Waals surface area contributed by atoms with Gasteiger partial charge in [-0.3, -0.25) is 4.79 Å². The summed E-state index contributed by atoms with van der Waals surface area (Å²) in [4.78, 5) is 19.8. The van der Waals surface area contributed by atoms with E-state index in [4.69, 9.17) is 0 Å². The lowest BCUT2D eigenvalue weighted by atomic mass is 10.1. The zero-order chi connectivity index (χ0) is 17.0. The van der Waals surface area contributed by atoms with Gasteiger partial charge in [-0.15, -0.1) is 0 Å². The summed E-state index contributed by atoms with van der Waals surface area (Å²) in [5.74, 6) is -0.994. The molecule has 1 aromatic heterocycles. The lowest BCUT2D eigenvalue weighted by molar-refractivity contribution is -0.137. The van der Waals surface area contributed by atoms with Gasteiger partial charge < -0.3 is 5.32 Å². The summed E-state index contributed by atoms with van der Waals surface area (Å²) in [7, 11) is 0. The molecule has 0 aliphatic carbocycles. The number of carbonyl (C=O) groups excluding carboxylic acids is 1. The number of aromatic nitrogens is 2. The largest absolute Gasteiger partial charge is 0.416 e. The molecule has 8 heteroatoms. The standard InChI is InChI=1S/C15H13F4N3O/c1-2-13-20-7-10(8-21-13)14(23)22-6-9-3-11(15(17,18)19)5-12(16)4-9/h3-5,7-8H,2,6H2,1H3,(H,22,23). The van der Waals surface area contributed by atoms with E-state index in [0.29, 0.717) is 18.3 Å². The van der Waals surface area contributed by atoms with Gasteiger partial charge in [-0.05, 0) is 23.8 Å². The van der Waals surface area contributed by atoms with E-state index in [9.17, 15) is 22.4 Å². The van der Waals surface area contributed by atoms with Crippen molar-refractivity contribution < 1.29 is 22.4 Å². The van der Waals surface area contributed by atoms with Crippen molar-refractivity contribution in [3.63, 3.8) is 0 Å². The zero-order valence-corrected chi connectivity index (χ0v) is 12.1. The molecule has 0 bridgehead atoms. The Balaban J connectivity index is 2.08. The zero-order valence-electron chi connectivity index (χ0n) is 12.1. The smallest absolute Gasteiger partial charge is 0.348 e.